The monoisotopic (exact) mass is 196 g/mol. The van der Waals surface area contributed by atoms with E-state index in [-0.39, 0.29) is 0 Å². The molecule has 0 spiro atoms. The molecule has 3 atom stereocenters. The Morgan fingerprint density at radius 3 is 2.50 bits per heavy atom. The second-order valence-electron chi connectivity index (χ2n) is 6.31. The normalized spacial score (nSPS) is 42.0. The second-order valence-corrected chi connectivity index (χ2v) is 6.31. The van der Waals surface area contributed by atoms with Crippen LogP contribution < -0.4 is 0 Å². The molecule has 0 aromatic rings. The van der Waals surface area contributed by atoms with Crippen LogP contribution in [0.4, 0.5) is 0 Å². The molecule has 2 aliphatic rings. The summed E-state index contributed by atoms with van der Waals surface area (Å²) in [6.07, 6.45) is 5.88. The van der Waals surface area contributed by atoms with Gasteiger partial charge in [-0.05, 0) is 41.9 Å². The maximum Gasteiger partial charge on any atom is 0.0518 e. The Morgan fingerprint density at radius 1 is 1.36 bits per heavy atom. The van der Waals surface area contributed by atoms with Crippen LogP contribution in [0.5, 0.6) is 0 Å². The molecule has 0 saturated heterocycles. The van der Waals surface area contributed by atoms with Gasteiger partial charge >= 0.3 is 0 Å². The Bertz CT molecular complexity index is 221. The first-order chi connectivity index (χ1) is 6.49. The van der Waals surface area contributed by atoms with Crippen molar-refractivity contribution in [2.45, 2.75) is 46.5 Å². The topological polar surface area (TPSA) is 9.23 Å². The molecule has 14 heavy (non-hydrogen) atoms. The predicted octanol–water partition coefficient (Wildman–Crippen LogP) is 3.49. The predicted molar refractivity (Wildman–Crippen MR) is 59.2 cm³/mol. The highest BCUT2D eigenvalue weighted by atomic mass is 16.5. The second kappa shape index (κ2) is 3.23. The average Bonchev–Trinajstić information content (AvgIpc) is 2.63. The Hall–Kier alpha value is -0.0400. The van der Waals surface area contributed by atoms with Gasteiger partial charge in [0.05, 0.1) is 6.61 Å². The molecule has 0 aromatic heterocycles. The van der Waals surface area contributed by atoms with Gasteiger partial charge in [0.1, 0.15) is 0 Å². The minimum absolute atomic E-state index is 0.349. The summed E-state index contributed by atoms with van der Waals surface area (Å²) in [5.74, 6) is 2.00. The van der Waals surface area contributed by atoms with Crippen LogP contribution in [0.2, 0.25) is 0 Å². The number of ether oxygens (including phenoxy) is 1. The molecule has 2 fully saturated rings. The first-order valence-corrected chi connectivity index (χ1v) is 5.98. The van der Waals surface area contributed by atoms with Crippen molar-refractivity contribution in [3.8, 4) is 0 Å². The van der Waals surface area contributed by atoms with E-state index in [2.05, 4.69) is 20.8 Å². The van der Waals surface area contributed by atoms with E-state index in [4.69, 9.17) is 4.74 Å². The van der Waals surface area contributed by atoms with E-state index in [0.717, 1.165) is 18.4 Å². The lowest BCUT2D eigenvalue weighted by molar-refractivity contribution is -0.0334. The Kier molecular flexibility index (Phi) is 2.42. The minimum atomic E-state index is 0.349. The van der Waals surface area contributed by atoms with Crippen LogP contribution in [-0.2, 0) is 4.74 Å². The minimum Gasteiger partial charge on any atom is -0.384 e. The molecule has 2 rings (SSSR count). The van der Waals surface area contributed by atoms with Crippen LogP contribution in [0.15, 0.2) is 0 Å². The van der Waals surface area contributed by atoms with Gasteiger partial charge in [-0.1, -0.05) is 27.2 Å². The Balaban J connectivity index is 2.16. The van der Waals surface area contributed by atoms with E-state index < -0.39 is 0 Å². The molecule has 1 heteroatoms. The van der Waals surface area contributed by atoms with Crippen molar-refractivity contribution in [1.29, 1.82) is 0 Å². The van der Waals surface area contributed by atoms with Crippen molar-refractivity contribution in [3.05, 3.63) is 0 Å². The van der Waals surface area contributed by atoms with E-state index in [9.17, 15) is 0 Å². The van der Waals surface area contributed by atoms with Gasteiger partial charge in [0.25, 0.3) is 0 Å². The summed E-state index contributed by atoms with van der Waals surface area (Å²) in [4.78, 5) is 0. The summed E-state index contributed by atoms with van der Waals surface area (Å²) in [6, 6.07) is 0. The summed E-state index contributed by atoms with van der Waals surface area (Å²) in [7, 11) is 1.83. The highest BCUT2D eigenvalue weighted by Crippen LogP contribution is 2.62. The summed E-state index contributed by atoms with van der Waals surface area (Å²) < 4.78 is 5.39. The molecular formula is C13H24O. The molecule has 2 bridgehead atoms. The summed E-state index contributed by atoms with van der Waals surface area (Å²) in [5, 5.41) is 0. The van der Waals surface area contributed by atoms with Crippen molar-refractivity contribution in [2.24, 2.45) is 22.7 Å². The molecule has 2 aliphatic carbocycles. The fourth-order valence-electron chi connectivity index (χ4n) is 3.96. The molecular weight excluding hydrogens is 172 g/mol. The first-order valence-electron chi connectivity index (χ1n) is 5.98. The average molecular weight is 196 g/mol. The van der Waals surface area contributed by atoms with Crippen LogP contribution >= 0.6 is 0 Å². The van der Waals surface area contributed by atoms with Crippen LogP contribution in [0.1, 0.15) is 46.5 Å². The Morgan fingerprint density at radius 2 is 2.07 bits per heavy atom. The fraction of sp³-hybridized carbons (Fsp3) is 1.00. The standard InChI is InChI=1S/C13H24O/c1-12(2,9-14-4)13(3)8-10-5-6-11(13)7-10/h10-11H,5-9H2,1-4H3. The molecule has 0 aromatic carbocycles. The summed E-state index contributed by atoms with van der Waals surface area (Å²) >= 11 is 0. The van der Waals surface area contributed by atoms with Gasteiger partial charge in [-0.25, -0.2) is 0 Å². The third kappa shape index (κ3) is 1.32. The van der Waals surface area contributed by atoms with E-state index in [1.807, 2.05) is 7.11 Å². The molecule has 0 N–H and O–H groups in total. The molecule has 0 aliphatic heterocycles. The summed E-state index contributed by atoms with van der Waals surface area (Å²) in [6.45, 7) is 8.18. The van der Waals surface area contributed by atoms with Gasteiger partial charge in [-0.3, -0.25) is 0 Å². The third-order valence-corrected chi connectivity index (χ3v) is 5.21. The lowest BCUT2D eigenvalue weighted by atomic mass is 9.59. The van der Waals surface area contributed by atoms with Gasteiger partial charge in [0, 0.05) is 7.11 Å². The number of fused-ring (bicyclic) bond motifs is 2. The largest absolute Gasteiger partial charge is 0.384 e. The smallest absolute Gasteiger partial charge is 0.0518 e. The van der Waals surface area contributed by atoms with Crippen LogP contribution in [-0.4, -0.2) is 13.7 Å². The molecule has 1 nitrogen and oxygen atoms in total. The maximum atomic E-state index is 5.39. The van der Waals surface area contributed by atoms with Gasteiger partial charge < -0.3 is 4.74 Å². The lowest BCUT2D eigenvalue weighted by Gasteiger charge is -2.47. The van der Waals surface area contributed by atoms with Crippen molar-refractivity contribution in [1.82, 2.24) is 0 Å². The molecule has 82 valence electrons. The highest BCUT2D eigenvalue weighted by Gasteiger charge is 2.54. The van der Waals surface area contributed by atoms with E-state index in [0.29, 0.717) is 10.8 Å². The lowest BCUT2D eigenvalue weighted by Crippen LogP contribution is -2.42. The molecule has 0 radical (unpaired) electrons. The molecule has 0 heterocycles. The van der Waals surface area contributed by atoms with Crippen LogP contribution in [0.25, 0.3) is 0 Å². The van der Waals surface area contributed by atoms with E-state index in [1.165, 1.54) is 25.7 Å². The molecule has 2 saturated carbocycles. The van der Waals surface area contributed by atoms with Crippen LogP contribution in [0, 0.1) is 22.7 Å². The number of rotatable bonds is 3. The van der Waals surface area contributed by atoms with Gasteiger partial charge in [0.15, 0.2) is 0 Å². The van der Waals surface area contributed by atoms with E-state index in [1.54, 1.807) is 0 Å². The fourth-order valence-corrected chi connectivity index (χ4v) is 3.96. The zero-order valence-corrected chi connectivity index (χ0v) is 10.1. The first kappa shape index (κ1) is 10.5. The van der Waals surface area contributed by atoms with Crippen molar-refractivity contribution < 1.29 is 4.74 Å². The Labute approximate surface area is 88.2 Å². The number of methoxy groups -OCH3 is 1. The highest BCUT2D eigenvalue weighted by molar-refractivity contribution is 5.04. The molecule has 3 unspecified atom stereocenters. The van der Waals surface area contributed by atoms with Crippen LogP contribution in [0.3, 0.4) is 0 Å². The van der Waals surface area contributed by atoms with E-state index >= 15 is 0 Å². The van der Waals surface area contributed by atoms with Gasteiger partial charge in [0.2, 0.25) is 0 Å². The summed E-state index contributed by atoms with van der Waals surface area (Å²) in [5.41, 5.74) is 0.882. The van der Waals surface area contributed by atoms with Crippen molar-refractivity contribution in [2.75, 3.05) is 13.7 Å². The number of hydrogen-bond donors (Lipinski definition) is 0. The zero-order chi connectivity index (χ0) is 10.4. The zero-order valence-electron chi connectivity index (χ0n) is 10.1. The van der Waals surface area contributed by atoms with Gasteiger partial charge in [-0.2, -0.15) is 0 Å². The SMILES string of the molecule is COCC(C)(C)C1(C)CC2CCC1C2. The third-order valence-electron chi connectivity index (χ3n) is 5.21. The van der Waals surface area contributed by atoms with Crippen molar-refractivity contribution in [3.63, 3.8) is 0 Å². The quantitative estimate of drug-likeness (QED) is 0.671. The number of hydrogen-bond acceptors (Lipinski definition) is 1. The molecule has 0 amide bonds. The van der Waals surface area contributed by atoms with Gasteiger partial charge in [-0.15, -0.1) is 0 Å². The van der Waals surface area contributed by atoms with Crippen molar-refractivity contribution >= 4 is 0 Å². The maximum absolute atomic E-state index is 5.39.